The van der Waals surface area contributed by atoms with Gasteiger partial charge in [0.15, 0.2) is 0 Å². The van der Waals surface area contributed by atoms with Gasteiger partial charge in [0.05, 0.1) is 0 Å². The Hall–Kier alpha value is -1.34. The molecule has 0 saturated heterocycles. The Labute approximate surface area is 118 Å². The normalized spacial score (nSPS) is 18.1. The highest BCUT2D eigenvalue weighted by Gasteiger charge is 2.29. The van der Waals surface area contributed by atoms with E-state index >= 15 is 0 Å². The second-order valence-electron chi connectivity index (χ2n) is 5.22. The van der Waals surface area contributed by atoms with E-state index in [-0.39, 0.29) is 16.6 Å². The van der Waals surface area contributed by atoms with E-state index in [1.54, 1.807) is 7.05 Å². The van der Waals surface area contributed by atoms with Crippen molar-refractivity contribution in [2.75, 3.05) is 7.05 Å². The Morgan fingerprint density at radius 2 is 1.90 bits per heavy atom. The molecular formula is C13H20N2O4S. The molecule has 0 aliphatic heterocycles. The minimum Gasteiger partial charge on any atom is -0.477 e. The van der Waals surface area contributed by atoms with Crippen LogP contribution in [-0.4, -0.2) is 41.9 Å². The Kier molecular flexibility index (Phi) is 4.49. The fraction of sp³-hybridized carbons (Fsp3) is 0.615. The fourth-order valence-corrected chi connectivity index (χ4v) is 4.04. The number of carboxylic acids is 1. The minimum atomic E-state index is -3.63. The Morgan fingerprint density at radius 3 is 2.40 bits per heavy atom. The van der Waals surface area contributed by atoms with Crippen LogP contribution in [0.1, 0.15) is 49.0 Å². The maximum atomic E-state index is 12.5. The second kappa shape index (κ2) is 5.97. The third-order valence-corrected chi connectivity index (χ3v) is 5.79. The summed E-state index contributed by atoms with van der Waals surface area (Å²) in [5, 5.41) is 8.85. The maximum absolute atomic E-state index is 12.5. The summed E-state index contributed by atoms with van der Waals surface area (Å²) in [6, 6.07) is 1.18. The molecule has 0 radical (unpaired) electrons. The molecule has 0 amide bonds. The van der Waals surface area contributed by atoms with Crippen molar-refractivity contribution >= 4 is 16.0 Å². The standard InChI is InChI=1S/C13H20N2O4S/c1-15(10-6-4-2-3-5-7-10)20(18,19)11-8-12(13(16)17)14-9-11/h8-10,14H,2-7H2,1H3,(H,16,17). The summed E-state index contributed by atoms with van der Waals surface area (Å²) in [6.45, 7) is 0. The van der Waals surface area contributed by atoms with Crippen molar-refractivity contribution in [3.05, 3.63) is 18.0 Å². The molecule has 1 aromatic rings. The first-order chi connectivity index (χ1) is 9.43. The summed E-state index contributed by atoms with van der Waals surface area (Å²) in [4.78, 5) is 13.3. The smallest absolute Gasteiger partial charge is 0.352 e. The van der Waals surface area contributed by atoms with E-state index < -0.39 is 16.0 Å². The Balaban J connectivity index is 2.21. The molecule has 0 aromatic carbocycles. The molecule has 1 aromatic heterocycles. The van der Waals surface area contributed by atoms with Gasteiger partial charge < -0.3 is 10.1 Å². The average Bonchev–Trinajstić information content (AvgIpc) is 2.76. The Morgan fingerprint density at radius 1 is 1.30 bits per heavy atom. The molecule has 6 nitrogen and oxygen atoms in total. The predicted molar refractivity (Wildman–Crippen MR) is 74.2 cm³/mol. The number of aromatic carboxylic acids is 1. The van der Waals surface area contributed by atoms with Gasteiger partial charge in [0.1, 0.15) is 10.6 Å². The van der Waals surface area contributed by atoms with Gasteiger partial charge in [0.2, 0.25) is 10.0 Å². The van der Waals surface area contributed by atoms with Crippen LogP contribution in [0.5, 0.6) is 0 Å². The van der Waals surface area contributed by atoms with Crippen LogP contribution in [0.15, 0.2) is 17.2 Å². The maximum Gasteiger partial charge on any atom is 0.352 e. The van der Waals surface area contributed by atoms with Crippen molar-refractivity contribution in [2.45, 2.75) is 49.5 Å². The van der Waals surface area contributed by atoms with Gasteiger partial charge in [0, 0.05) is 19.3 Å². The molecule has 1 fully saturated rings. The highest BCUT2D eigenvalue weighted by atomic mass is 32.2. The van der Waals surface area contributed by atoms with Crippen LogP contribution in [-0.2, 0) is 10.0 Å². The SMILES string of the molecule is CN(C1CCCCCC1)S(=O)(=O)c1c[nH]c(C(=O)O)c1. The van der Waals surface area contributed by atoms with E-state index in [2.05, 4.69) is 4.98 Å². The lowest BCUT2D eigenvalue weighted by atomic mass is 10.1. The number of nitrogens with zero attached hydrogens (tertiary/aromatic N) is 1. The van der Waals surface area contributed by atoms with Crippen LogP contribution >= 0.6 is 0 Å². The van der Waals surface area contributed by atoms with Crippen molar-refractivity contribution in [3.8, 4) is 0 Å². The van der Waals surface area contributed by atoms with Gasteiger partial charge in [-0.2, -0.15) is 4.31 Å². The molecule has 112 valence electrons. The van der Waals surface area contributed by atoms with Gasteiger partial charge in [-0.25, -0.2) is 13.2 Å². The summed E-state index contributed by atoms with van der Waals surface area (Å²) in [6.07, 6.45) is 7.36. The molecule has 0 bridgehead atoms. The van der Waals surface area contributed by atoms with Crippen LogP contribution < -0.4 is 0 Å². The summed E-state index contributed by atoms with van der Waals surface area (Å²) >= 11 is 0. The first-order valence-corrected chi connectivity index (χ1v) is 8.26. The lowest BCUT2D eigenvalue weighted by Gasteiger charge is -2.25. The van der Waals surface area contributed by atoms with Crippen molar-refractivity contribution in [1.82, 2.24) is 9.29 Å². The number of aromatic amines is 1. The number of hydrogen-bond donors (Lipinski definition) is 2. The third kappa shape index (κ3) is 3.04. The molecule has 7 heteroatoms. The predicted octanol–water partition coefficient (Wildman–Crippen LogP) is 2.06. The molecule has 20 heavy (non-hydrogen) atoms. The highest BCUT2D eigenvalue weighted by Crippen LogP contribution is 2.26. The minimum absolute atomic E-state index is 0.00526. The zero-order valence-electron chi connectivity index (χ0n) is 11.5. The lowest BCUT2D eigenvalue weighted by molar-refractivity contribution is 0.0691. The molecular weight excluding hydrogens is 280 g/mol. The van der Waals surface area contributed by atoms with Crippen LogP contribution in [0.3, 0.4) is 0 Å². The highest BCUT2D eigenvalue weighted by molar-refractivity contribution is 7.89. The van der Waals surface area contributed by atoms with Crippen LogP contribution in [0.25, 0.3) is 0 Å². The number of hydrogen-bond acceptors (Lipinski definition) is 3. The van der Waals surface area contributed by atoms with Crippen molar-refractivity contribution in [1.29, 1.82) is 0 Å². The Bertz CT molecular complexity index is 571. The molecule has 2 N–H and O–H groups in total. The molecule has 1 aliphatic carbocycles. The number of aromatic nitrogens is 1. The number of carboxylic acid groups (broad SMARTS) is 1. The summed E-state index contributed by atoms with van der Waals surface area (Å²) in [7, 11) is -2.05. The van der Waals surface area contributed by atoms with Gasteiger partial charge in [-0.15, -0.1) is 0 Å². The van der Waals surface area contributed by atoms with E-state index in [1.807, 2.05) is 0 Å². The molecule has 1 heterocycles. The van der Waals surface area contributed by atoms with Gasteiger partial charge in [0.25, 0.3) is 0 Å². The quantitative estimate of drug-likeness (QED) is 0.833. The van der Waals surface area contributed by atoms with E-state index in [4.69, 9.17) is 5.11 Å². The average molecular weight is 300 g/mol. The van der Waals surface area contributed by atoms with Crippen molar-refractivity contribution < 1.29 is 18.3 Å². The van der Waals surface area contributed by atoms with Gasteiger partial charge in [-0.3, -0.25) is 0 Å². The van der Waals surface area contributed by atoms with Gasteiger partial charge >= 0.3 is 5.97 Å². The zero-order valence-corrected chi connectivity index (χ0v) is 12.3. The van der Waals surface area contributed by atoms with Crippen molar-refractivity contribution in [3.63, 3.8) is 0 Å². The lowest BCUT2D eigenvalue weighted by Crippen LogP contribution is -2.36. The van der Waals surface area contributed by atoms with Gasteiger partial charge in [-0.1, -0.05) is 25.7 Å². The number of rotatable bonds is 4. The number of sulfonamides is 1. The second-order valence-corrected chi connectivity index (χ2v) is 7.22. The van der Waals surface area contributed by atoms with Crippen LogP contribution in [0, 0.1) is 0 Å². The molecule has 0 atom stereocenters. The molecule has 1 aliphatic rings. The molecule has 2 rings (SSSR count). The van der Waals surface area contributed by atoms with Crippen molar-refractivity contribution in [2.24, 2.45) is 0 Å². The first kappa shape index (κ1) is 15.1. The number of nitrogens with one attached hydrogen (secondary N) is 1. The molecule has 1 saturated carbocycles. The third-order valence-electron chi connectivity index (χ3n) is 3.90. The summed E-state index contributed by atoms with van der Waals surface area (Å²) in [5.74, 6) is -1.16. The topological polar surface area (TPSA) is 90.5 Å². The first-order valence-electron chi connectivity index (χ1n) is 6.82. The molecule has 0 unspecified atom stereocenters. The zero-order chi connectivity index (χ0) is 14.8. The summed E-state index contributed by atoms with van der Waals surface area (Å²) in [5.41, 5.74) is -0.113. The number of carbonyl (C=O) groups is 1. The fourth-order valence-electron chi connectivity index (χ4n) is 2.63. The van der Waals surface area contributed by atoms with Crippen LogP contribution in [0.2, 0.25) is 0 Å². The van der Waals surface area contributed by atoms with E-state index in [9.17, 15) is 13.2 Å². The number of H-pyrrole nitrogens is 1. The monoisotopic (exact) mass is 300 g/mol. The van der Waals surface area contributed by atoms with Crippen LogP contribution in [0.4, 0.5) is 0 Å². The van der Waals surface area contributed by atoms with E-state index in [0.717, 1.165) is 38.5 Å². The summed E-state index contributed by atoms with van der Waals surface area (Å²) < 4.78 is 26.4. The van der Waals surface area contributed by atoms with E-state index in [0.29, 0.717) is 0 Å². The molecule has 0 spiro atoms. The largest absolute Gasteiger partial charge is 0.477 e. The van der Waals surface area contributed by atoms with E-state index in [1.165, 1.54) is 16.6 Å². The van der Waals surface area contributed by atoms with Gasteiger partial charge in [-0.05, 0) is 18.9 Å².